The molecule has 2 unspecified atom stereocenters. The van der Waals surface area contributed by atoms with Crippen molar-refractivity contribution < 1.29 is 10.0 Å². The van der Waals surface area contributed by atoms with E-state index in [1.54, 1.807) is 24.3 Å². The Kier molecular flexibility index (Phi) is 7.23. The summed E-state index contributed by atoms with van der Waals surface area (Å²) in [5.41, 5.74) is 0.764. The maximum Gasteiger partial charge on any atom is 0.276 e. The maximum atomic E-state index is 10.9. The lowest BCUT2D eigenvalue weighted by atomic mass is 9.83. The Morgan fingerprint density at radius 1 is 1.30 bits per heavy atom. The van der Waals surface area contributed by atoms with Crippen LogP contribution in [0.4, 0.5) is 5.69 Å². The molecule has 0 aliphatic heterocycles. The highest BCUT2D eigenvalue weighted by Crippen LogP contribution is 2.27. The predicted octanol–water partition coefficient (Wildman–Crippen LogP) is 3.53. The zero-order chi connectivity index (χ0) is 16.5. The summed E-state index contributed by atoms with van der Waals surface area (Å²) in [7, 11) is 0. The number of hydrogen-bond donors (Lipinski definition) is 2. The van der Waals surface area contributed by atoms with Crippen LogP contribution < -0.4 is 5.32 Å². The summed E-state index contributed by atoms with van der Waals surface area (Å²) in [5.74, 6) is 0.466. The highest BCUT2D eigenvalue weighted by atomic mass is 16.6. The molecule has 5 heteroatoms. The Bertz CT molecular complexity index is 531. The molecule has 0 spiro atoms. The van der Waals surface area contributed by atoms with Crippen molar-refractivity contribution in [3.63, 3.8) is 0 Å². The van der Waals surface area contributed by atoms with Crippen molar-refractivity contribution in [2.24, 2.45) is 5.92 Å². The third-order valence-electron chi connectivity index (χ3n) is 4.49. The lowest BCUT2D eigenvalue weighted by Gasteiger charge is -2.27. The standard InChI is InChI=1S/C18H26N2O3/c21-18-12-4-2-8-16(18)10-6-14-19-13-5-9-15-7-1-3-11-17(15)20(22)23/h1,3,5,7,9,11,16,18-19,21H,2,4,6,8,10,12-14H2/b9-5+. The predicted molar refractivity (Wildman–Crippen MR) is 92.2 cm³/mol. The highest BCUT2D eigenvalue weighted by molar-refractivity contribution is 5.60. The van der Waals surface area contributed by atoms with E-state index in [0.29, 0.717) is 18.0 Å². The van der Waals surface area contributed by atoms with Crippen LogP contribution in [0.15, 0.2) is 30.3 Å². The van der Waals surface area contributed by atoms with Gasteiger partial charge < -0.3 is 10.4 Å². The minimum Gasteiger partial charge on any atom is -0.393 e. The van der Waals surface area contributed by atoms with Crippen LogP contribution in [0.2, 0.25) is 0 Å². The molecule has 1 aliphatic rings. The molecule has 1 aromatic rings. The topological polar surface area (TPSA) is 75.4 Å². The number of rotatable bonds is 8. The van der Waals surface area contributed by atoms with Crippen LogP contribution in [0.3, 0.4) is 0 Å². The number of nitro groups is 1. The van der Waals surface area contributed by atoms with Crippen molar-refractivity contribution in [3.05, 3.63) is 46.0 Å². The molecule has 0 heterocycles. The van der Waals surface area contributed by atoms with Gasteiger partial charge in [0.05, 0.1) is 16.6 Å². The number of aliphatic hydroxyl groups is 1. The van der Waals surface area contributed by atoms with Gasteiger partial charge in [0.1, 0.15) is 0 Å². The Morgan fingerprint density at radius 3 is 2.87 bits per heavy atom. The third kappa shape index (κ3) is 5.77. The van der Waals surface area contributed by atoms with Crippen molar-refractivity contribution in [2.75, 3.05) is 13.1 Å². The molecular weight excluding hydrogens is 292 g/mol. The smallest absolute Gasteiger partial charge is 0.276 e. The lowest BCUT2D eigenvalue weighted by molar-refractivity contribution is -0.385. The van der Waals surface area contributed by atoms with Crippen LogP contribution >= 0.6 is 0 Å². The first-order chi connectivity index (χ1) is 11.2. The van der Waals surface area contributed by atoms with Crippen molar-refractivity contribution in [1.82, 2.24) is 5.32 Å². The fraction of sp³-hybridized carbons (Fsp3) is 0.556. The van der Waals surface area contributed by atoms with Gasteiger partial charge in [0, 0.05) is 12.6 Å². The summed E-state index contributed by atoms with van der Waals surface area (Å²) in [5, 5.41) is 24.1. The normalized spacial score (nSPS) is 21.6. The molecule has 1 fully saturated rings. The molecule has 2 rings (SSSR count). The van der Waals surface area contributed by atoms with E-state index in [1.165, 1.54) is 12.5 Å². The molecule has 2 atom stereocenters. The Morgan fingerprint density at radius 2 is 2.09 bits per heavy atom. The molecule has 1 saturated carbocycles. The van der Waals surface area contributed by atoms with Gasteiger partial charge in [-0.15, -0.1) is 0 Å². The van der Waals surface area contributed by atoms with Crippen molar-refractivity contribution in [2.45, 2.75) is 44.6 Å². The highest BCUT2D eigenvalue weighted by Gasteiger charge is 2.21. The molecule has 0 radical (unpaired) electrons. The number of hydrogen-bond acceptors (Lipinski definition) is 4. The minimum atomic E-state index is -0.359. The van der Waals surface area contributed by atoms with E-state index in [2.05, 4.69) is 5.32 Å². The van der Waals surface area contributed by atoms with Crippen molar-refractivity contribution >= 4 is 11.8 Å². The van der Waals surface area contributed by atoms with Gasteiger partial charge in [-0.2, -0.15) is 0 Å². The summed E-state index contributed by atoms with van der Waals surface area (Å²) < 4.78 is 0. The van der Waals surface area contributed by atoms with Crippen molar-refractivity contribution in [3.8, 4) is 0 Å². The summed E-state index contributed by atoms with van der Waals surface area (Å²) in [4.78, 5) is 10.5. The van der Waals surface area contributed by atoms with Gasteiger partial charge in [0.25, 0.3) is 5.69 Å². The van der Waals surface area contributed by atoms with E-state index in [9.17, 15) is 15.2 Å². The van der Waals surface area contributed by atoms with E-state index in [0.717, 1.165) is 38.6 Å². The van der Waals surface area contributed by atoms with Gasteiger partial charge in [-0.1, -0.05) is 37.1 Å². The second kappa shape index (κ2) is 9.43. The van der Waals surface area contributed by atoms with Crippen LogP contribution in [0, 0.1) is 16.0 Å². The molecule has 126 valence electrons. The summed E-state index contributed by atoms with van der Waals surface area (Å²) in [6.07, 6.45) is 10.2. The van der Waals surface area contributed by atoms with Crippen LogP contribution in [-0.2, 0) is 0 Å². The molecule has 0 saturated heterocycles. The van der Waals surface area contributed by atoms with Gasteiger partial charge in [-0.25, -0.2) is 0 Å². The Labute approximate surface area is 137 Å². The monoisotopic (exact) mass is 318 g/mol. The average molecular weight is 318 g/mol. The Hall–Kier alpha value is -1.72. The summed E-state index contributed by atoms with van der Waals surface area (Å²) in [6, 6.07) is 6.74. The number of nitrogens with one attached hydrogen (secondary N) is 1. The number of nitro benzene ring substituents is 1. The van der Waals surface area contributed by atoms with Gasteiger partial charge in [0.15, 0.2) is 0 Å². The molecule has 23 heavy (non-hydrogen) atoms. The Balaban J connectivity index is 1.65. The number of aliphatic hydroxyl groups excluding tert-OH is 1. The minimum absolute atomic E-state index is 0.109. The van der Waals surface area contributed by atoms with Crippen LogP contribution in [0.25, 0.3) is 6.08 Å². The molecule has 1 aliphatic carbocycles. The fourth-order valence-corrected chi connectivity index (χ4v) is 3.18. The largest absolute Gasteiger partial charge is 0.393 e. The maximum absolute atomic E-state index is 10.9. The van der Waals surface area contributed by atoms with E-state index >= 15 is 0 Å². The van der Waals surface area contributed by atoms with Crippen LogP contribution in [0.5, 0.6) is 0 Å². The quantitative estimate of drug-likeness (QED) is 0.437. The van der Waals surface area contributed by atoms with Gasteiger partial charge in [0.2, 0.25) is 0 Å². The second-order valence-corrected chi connectivity index (χ2v) is 6.18. The molecule has 1 aromatic carbocycles. The lowest BCUT2D eigenvalue weighted by Crippen LogP contribution is -2.25. The number of benzene rings is 1. The first kappa shape index (κ1) is 17.6. The molecule has 0 aromatic heterocycles. The third-order valence-corrected chi connectivity index (χ3v) is 4.49. The van der Waals surface area contributed by atoms with Gasteiger partial charge in [-0.05, 0) is 44.2 Å². The van der Waals surface area contributed by atoms with E-state index in [-0.39, 0.29) is 16.7 Å². The van der Waals surface area contributed by atoms with E-state index in [1.807, 2.05) is 6.08 Å². The molecule has 0 bridgehead atoms. The van der Waals surface area contributed by atoms with E-state index < -0.39 is 0 Å². The van der Waals surface area contributed by atoms with Gasteiger partial charge >= 0.3 is 0 Å². The number of nitrogens with zero attached hydrogens (tertiary/aromatic N) is 1. The summed E-state index contributed by atoms with van der Waals surface area (Å²) >= 11 is 0. The van der Waals surface area contributed by atoms with Crippen LogP contribution in [-0.4, -0.2) is 29.2 Å². The van der Waals surface area contributed by atoms with E-state index in [4.69, 9.17) is 0 Å². The summed E-state index contributed by atoms with van der Waals surface area (Å²) in [6.45, 7) is 1.60. The molecular formula is C18H26N2O3. The zero-order valence-electron chi connectivity index (χ0n) is 13.5. The second-order valence-electron chi connectivity index (χ2n) is 6.18. The molecule has 0 amide bonds. The van der Waals surface area contributed by atoms with Gasteiger partial charge in [-0.3, -0.25) is 10.1 Å². The number of para-hydroxylation sites is 1. The van der Waals surface area contributed by atoms with Crippen molar-refractivity contribution in [1.29, 1.82) is 0 Å². The SMILES string of the molecule is O=[N+]([O-])c1ccccc1/C=C/CNCCCC1CCCCC1O. The molecule has 2 N–H and O–H groups in total. The zero-order valence-corrected chi connectivity index (χ0v) is 13.5. The fourth-order valence-electron chi connectivity index (χ4n) is 3.18. The first-order valence-corrected chi connectivity index (χ1v) is 8.47. The molecule has 5 nitrogen and oxygen atoms in total. The average Bonchev–Trinajstić information content (AvgIpc) is 2.55. The first-order valence-electron chi connectivity index (χ1n) is 8.47. The van der Waals surface area contributed by atoms with Crippen LogP contribution in [0.1, 0.15) is 44.1 Å².